The number of benzene rings is 4. The summed E-state index contributed by atoms with van der Waals surface area (Å²) in [5, 5.41) is 2.60. The minimum absolute atomic E-state index is 0.218. The lowest BCUT2D eigenvalue weighted by atomic mass is 9.74. The average molecular weight is 593 g/mol. The van der Waals surface area contributed by atoms with Gasteiger partial charge in [0, 0.05) is 33.8 Å². The number of anilines is 1. The number of nitrogens with zero attached hydrogens (tertiary/aromatic N) is 2. The van der Waals surface area contributed by atoms with Crippen molar-refractivity contribution in [2.24, 2.45) is 5.92 Å². The van der Waals surface area contributed by atoms with Crippen LogP contribution in [0.1, 0.15) is 25.7 Å². The van der Waals surface area contributed by atoms with E-state index in [0.29, 0.717) is 5.92 Å². The molecule has 4 aliphatic rings. The molecule has 0 saturated heterocycles. The first kappa shape index (κ1) is 27.0. The van der Waals surface area contributed by atoms with Gasteiger partial charge >= 0.3 is 0 Å². The number of aromatic nitrogens is 1. The maximum absolute atomic E-state index is 2.60. The summed E-state index contributed by atoms with van der Waals surface area (Å²) in [4.78, 5) is 2.60. The lowest BCUT2D eigenvalue weighted by Gasteiger charge is -2.39. The maximum Gasteiger partial charge on any atom is 0.0558 e. The van der Waals surface area contributed by atoms with Crippen molar-refractivity contribution in [1.82, 2.24) is 4.57 Å². The summed E-state index contributed by atoms with van der Waals surface area (Å²) in [7, 11) is 0. The molecule has 222 valence electrons. The van der Waals surface area contributed by atoms with Crippen molar-refractivity contribution in [1.29, 1.82) is 0 Å². The van der Waals surface area contributed by atoms with E-state index in [1.807, 2.05) is 0 Å². The van der Waals surface area contributed by atoms with Crippen molar-refractivity contribution in [2.75, 3.05) is 4.90 Å². The van der Waals surface area contributed by atoms with Gasteiger partial charge in [0.05, 0.1) is 17.1 Å². The summed E-state index contributed by atoms with van der Waals surface area (Å²) in [6.07, 6.45) is 25.7. The molecule has 2 heteroatoms. The molecular weight excluding hydrogens is 556 g/mol. The van der Waals surface area contributed by atoms with Gasteiger partial charge in [-0.3, -0.25) is 0 Å². The molecule has 0 N–H and O–H groups in total. The fraction of sp³-hybridized carbons (Fsp3) is 0.136. The second-order valence-electron chi connectivity index (χ2n) is 12.8. The van der Waals surface area contributed by atoms with Gasteiger partial charge < -0.3 is 9.47 Å². The zero-order valence-corrected chi connectivity index (χ0v) is 25.9. The van der Waals surface area contributed by atoms with Crippen molar-refractivity contribution in [2.45, 2.75) is 31.7 Å². The smallest absolute Gasteiger partial charge is 0.0558 e. The Bertz CT molecular complexity index is 2140. The van der Waals surface area contributed by atoms with Gasteiger partial charge in [0.1, 0.15) is 0 Å². The highest BCUT2D eigenvalue weighted by molar-refractivity contribution is 6.10. The third-order valence-corrected chi connectivity index (χ3v) is 10.1. The van der Waals surface area contributed by atoms with E-state index < -0.39 is 0 Å². The molecule has 0 radical (unpaired) electrons. The van der Waals surface area contributed by atoms with E-state index in [2.05, 4.69) is 167 Å². The minimum atomic E-state index is 0.218. The molecule has 2 unspecified atom stereocenters. The monoisotopic (exact) mass is 592 g/mol. The summed E-state index contributed by atoms with van der Waals surface area (Å²) in [5.74, 6) is 0.416. The van der Waals surface area contributed by atoms with Crippen LogP contribution in [0.15, 0.2) is 180 Å². The number of fused-ring (bicyclic) bond motifs is 6. The van der Waals surface area contributed by atoms with Crippen LogP contribution in [-0.4, -0.2) is 10.6 Å². The van der Waals surface area contributed by atoms with Gasteiger partial charge in [-0.05, 0) is 89.9 Å². The van der Waals surface area contributed by atoms with Gasteiger partial charge in [-0.15, -0.1) is 0 Å². The summed E-state index contributed by atoms with van der Waals surface area (Å²) in [6.45, 7) is 0. The molecule has 4 aliphatic carbocycles. The van der Waals surface area contributed by atoms with Crippen LogP contribution in [-0.2, 0) is 0 Å². The van der Waals surface area contributed by atoms with Gasteiger partial charge in [-0.2, -0.15) is 0 Å². The average Bonchev–Trinajstić information content (AvgIpc) is 3.47. The third kappa shape index (κ3) is 4.56. The van der Waals surface area contributed by atoms with Crippen LogP contribution in [0.5, 0.6) is 0 Å². The van der Waals surface area contributed by atoms with Gasteiger partial charge in [-0.1, -0.05) is 121 Å². The predicted octanol–water partition coefficient (Wildman–Crippen LogP) is 11.2. The number of allylic oxidation sites excluding steroid dienone is 12. The SMILES string of the molecule is C1=CC2=CC=C(N(c3ccc(-c4ccccc4)cc3)C3C=CC(n4c5ccccc5c5ccccc54)=CC3)CC2C2=CCCC=C12. The highest BCUT2D eigenvalue weighted by atomic mass is 15.2. The first-order chi connectivity index (χ1) is 22.8. The topological polar surface area (TPSA) is 8.17 Å². The standard InChI is InChI=1S/C44H36N2/c1-2-10-31(11-3-1)32-20-23-35(24-21-32)45(38-25-22-34-19-18-33-12-4-5-13-39(33)42(34)30-38)36-26-28-37(29-27-36)46-43-16-8-6-14-40(43)41-15-7-9-17-44(41)46/h1-3,6-26,28-29,36,42H,4-5,27,30H2. The van der Waals surface area contributed by atoms with Gasteiger partial charge in [0.15, 0.2) is 0 Å². The molecule has 9 rings (SSSR count). The molecule has 0 saturated carbocycles. The number of rotatable bonds is 5. The van der Waals surface area contributed by atoms with Crippen LogP contribution in [0.2, 0.25) is 0 Å². The molecule has 2 nitrogen and oxygen atoms in total. The molecule has 0 bridgehead atoms. The molecule has 0 aliphatic heterocycles. The van der Waals surface area contributed by atoms with E-state index in [1.54, 1.807) is 0 Å². The van der Waals surface area contributed by atoms with Crippen molar-refractivity contribution < 1.29 is 0 Å². The van der Waals surface area contributed by atoms with Crippen LogP contribution in [0.3, 0.4) is 0 Å². The first-order valence-electron chi connectivity index (χ1n) is 16.6. The Morgan fingerprint density at radius 1 is 0.609 bits per heavy atom. The Balaban J connectivity index is 1.09. The van der Waals surface area contributed by atoms with E-state index in [1.165, 1.54) is 66.7 Å². The lowest BCUT2D eigenvalue weighted by molar-refractivity contribution is 0.643. The fourth-order valence-electron chi connectivity index (χ4n) is 7.92. The van der Waals surface area contributed by atoms with Gasteiger partial charge in [0.25, 0.3) is 0 Å². The molecule has 1 aromatic heterocycles. The zero-order chi connectivity index (χ0) is 30.5. The fourth-order valence-corrected chi connectivity index (χ4v) is 7.92. The molecular formula is C44H36N2. The Hall–Kier alpha value is -5.34. The first-order valence-corrected chi connectivity index (χ1v) is 16.6. The molecule has 0 spiro atoms. The van der Waals surface area contributed by atoms with Crippen molar-refractivity contribution in [3.05, 3.63) is 180 Å². The predicted molar refractivity (Wildman–Crippen MR) is 194 cm³/mol. The second-order valence-corrected chi connectivity index (χ2v) is 12.8. The summed E-state index contributed by atoms with van der Waals surface area (Å²) in [5.41, 5.74) is 13.2. The molecule has 0 fully saturated rings. The molecule has 0 amide bonds. The van der Waals surface area contributed by atoms with Crippen LogP contribution < -0.4 is 4.90 Å². The Kier molecular flexibility index (Phi) is 6.59. The van der Waals surface area contributed by atoms with E-state index in [-0.39, 0.29) is 6.04 Å². The van der Waals surface area contributed by atoms with E-state index in [9.17, 15) is 0 Å². The Morgan fingerprint density at radius 2 is 1.30 bits per heavy atom. The van der Waals surface area contributed by atoms with E-state index >= 15 is 0 Å². The molecule has 4 aromatic carbocycles. The van der Waals surface area contributed by atoms with Crippen LogP contribution in [0.4, 0.5) is 5.69 Å². The lowest BCUT2D eigenvalue weighted by Crippen LogP contribution is -2.36. The van der Waals surface area contributed by atoms with Crippen LogP contribution in [0.25, 0.3) is 38.6 Å². The summed E-state index contributed by atoms with van der Waals surface area (Å²) < 4.78 is 2.43. The van der Waals surface area contributed by atoms with Crippen molar-refractivity contribution >= 4 is 33.2 Å². The molecule has 46 heavy (non-hydrogen) atoms. The Labute approximate surface area is 271 Å². The highest BCUT2D eigenvalue weighted by Crippen LogP contribution is 2.44. The zero-order valence-electron chi connectivity index (χ0n) is 25.9. The van der Waals surface area contributed by atoms with Crippen LogP contribution >= 0.6 is 0 Å². The summed E-state index contributed by atoms with van der Waals surface area (Å²) in [6, 6.07) is 37.6. The van der Waals surface area contributed by atoms with E-state index in [0.717, 1.165) is 25.7 Å². The normalized spacial score (nSPS) is 20.3. The highest BCUT2D eigenvalue weighted by Gasteiger charge is 2.31. The van der Waals surface area contributed by atoms with E-state index in [4.69, 9.17) is 0 Å². The maximum atomic E-state index is 2.60. The van der Waals surface area contributed by atoms with Gasteiger partial charge in [-0.25, -0.2) is 0 Å². The second kappa shape index (κ2) is 11.2. The molecule has 2 atom stereocenters. The molecule has 5 aromatic rings. The third-order valence-electron chi connectivity index (χ3n) is 10.1. The largest absolute Gasteiger partial charge is 0.338 e. The Morgan fingerprint density at radius 3 is 2.04 bits per heavy atom. The quantitative estimate of drug-likeness (QED) is 0.197. The summed E-state index contributed by atoms with van der Waals surface area (Å²) >= 11 is 0. The minimum Gasteiger partial charge on any atom is -0.338 e. The number of hydrogen-bond donors (Lipinski definition) is 0. The van der Waals surface area contributed by atoms with Crippen molar-refractivity contribution in [3.8, 4) is 11.1 Å². The van der Waals surface area contributed by atoms with Crippen molar-refractivity contribution in [3.63, 3.8) is 0 Å². The molecule has 1 heterocycles. The number of para-hydroxylation sites is 2. The number of hydrogen-bond acceptors (Lipinski definition) is 1. The van der Waals surface area contributed by atoms with Gasteiger partial charge in [0.2, 0.25) is 0 Å². The van der Waals surface area contributed by atoms with Crippen LogP contribution in [0, 0.1) is 5.92 Å².